The molecule has 1 nitrogen and oxygen atoms in total. The molecule has 2 aromatic carbocycles. The van der Waals surface area contributed by atoms with E-state index in [-0.39, 0.29) is 0 Å². The maximum atomic E-state index is 5.84. The van der Waals surface area contributed by atoms with Crippen molar-refractivity contribution in [2.45, 2.75) is 51.9 Å². The number of rotatable bonds is 7. The number of aryl methyl sites for hydroxylation is 1. The van der Waals surface area contributed by atoms with Crippen LogP contribution in [0, 0.1) is 0 Å². The molecular weight excluding hydrogens is 230 g/mol. The van der Waals surface area contributed by atoms with Gasteiger partial charge in [-0.15, -0.1) is 0 Å². The summed E-state index contributed by atoms with van der Waals surface area (Å²) in [5, 5.41) is 2.55. The molecule has 2 rings (SSSR count). The third-order valence-electron chi connectivity index (χ3n) is 3.75. The Labute approximate surface area is 116 Å². The molecule has 0 heterocycles. The minimum absolute atomic E-state index is 0.851. The summed E-state index contributed by atoms with van der Waals surface area (Å²) in [6.45, 7) is 2.26. The van der Waals surface area contributed by atoms with E-state index in [4.69, 9.17) is 5.73 Å². The second-order valence-corrected chi connectivity index (χ2v) is 5.46. The highest BCUT2D eigenvalue weighted by Crippen LogP contribution is 2.20. The average Bonchev–Trinajstić information content (AvgIpc) is 2.42. The van der Waals surface area contributed by atoms with Gasteiger partial charge in [0.1, 0.15) is 0 Å². The number of nitrogen functional groups attached to an aromatic ring is 1. The van der Waals surface area contributed by atoms with Crippen molar-refractivity contribution in [3.05, 3.63) is 42.0 Å². The van der Waals surface area contributed by atoms with Gasteiger partial charge in [0, 0.05) is 5.69 Å². The standard InChI is InChI=1S/C18H25N/c1-2-3-4-5-6-7-8-15-9-10-16-11-12-18(19)14-17(16)13-15/h9-14H,2-8,19H2,1H3. The molecule has 0 fully saturated rings. The molecule has 2 aromatic rings. The van der Waals surface area contributed by atoms with Crippen LogP contribution in [0.2, 0.25) is 0 Å². The Balaban J connectivity index is 1.87. The van der Waals surface area contributed by atoms with Crippen molar-refractivity contribution < 1.29 is 0 Å². The third-order valence-corrected chi connectivity index (χ3v) is 3.75. The molecule has 0 aromatic heterocycles. The molecule has 0 bridgehead atoms. The summed E-state index contributed by atoms with van der Waals surface area (Å²) >= 11 is 0. The molecule has 0 atom stereocenters. The van der Waals surface area contributed by atoms with Crippen LogP contribution in [-0.4, -0.2) is 0 Å². The summed E-state index contributed by atoms with van der Waals surface area (Å²) in [4.78, 5) is 0. The fourth-order valence-electron chi connectivity index (χ4n) is 2.58. The van der Waals surface area contributed by atoms with Crippen LogP contribution in [0.3, 0.4) is 0 Å². The summed E-state index contributed by atoms with van der Waals surface area (Å²) < 4.78 is 0. The topological polar surface area (TPSA) is 26.0 Å². The number of hydrogen-bond acceptors (Lipinski definition) is 1. The summed E-state index contributed by atoms with van der Waals surface area (Å²) in [6, 6.07) is 12.9. The van der Waals surface area contributed by atoms with E-state index < -0.39 is 0 Å². The van der Waals surface area contributed by atoms with Gasteiger partial charge in [0.25, 0.3) is 0 Å². The zero-order valence-corrected chi connectivity index (χ0v) is 12.0. The monoisotopic (exact) mass is 255 g/mol. The summed E-state index contributed by atoms with van der Waals surface area (Å²) in [6.07, 6.45) is 9.34. The van der Waals surface area contributed by atoms with Gasteiger partial charge in [-0.3, -0.25) is 0 Å². The third kappa shape index (κ3) is 4.27. The van der Waals surface area contributed by atoms with E-state index in [1.807, 2.05) is 6.07 Å². The summed E-state index contributed by atoms with van der Waals surface area (Å²) in [7, 11) is 0. The molecule has 102 valence electrons. The highest BCUT2D eigenvalue weighted by Gasteiger charge is 1.98. The van der Waals surface area contributed by atoms with Gasteiger partial charge in [-0.25, -0.2) is 0 Å². The smallest absolute Gasteiger partial charge is 0.0320 e. The Morgan fingerprint density at radius 1 is 0.789 bits per heavy atom. The first-order valence-electron chi connectivity index (χ1n) is 7.58. The second kappa shape index (κ2) is 7.18. The van der Waals surface area contributed by atoms with Gasteiger partial charge in [0.05, 0.1) is 0 Å². The second-order valence-electron chi connectivity index (χ2n) is 5.46. The average molecular weight is 255 g/mol. The molecule has 0 spiro atoms. The largest absolute Gasteiger partial charge is 0.399 e. The van der Waals surface area contributed by atoms with Crippen LogP contribution in [0.1, 0.15) is 51.0 Å². The Bertz CT molecular complexity index is 516. The van der Waals surface area contributed by atoms with Gasteiger partial charge in [0.15, 0.2) is 0 Å². The van der Waals surface area contributed by atoms with E-state index >= 15 is 0 Å². The van der Waals surface area contributed by atoms with Gasteiger partial charge in [-0.1, -0.05) is 63.3 Å². The molecule has 0 saturated heterocycles. The van der Waals surface area contributed by atoms with Crippen LogP contribution in [0.25, 0.3) is 10.8 Å². The van der Waals surface area contributed by atoms with Crippen LogP contribution in [0.5, 0.6) is 0 Å². The molecule has 0 aliphatic rings. The number of fused-ring (bicyclic) bond motifs is 1. The SMILES string of the molecule is CCCCCCCCc1ccc2ccc(N)cc2c1. The lowest BCUT2D eigenvalue weighted by molar-refractivity contribution is 0.607. The van der Waals surface area contributed by atoms with Crippen molar-refractivity contribution in [3.63, 3.8) is 0 Å². The van der Waals surface area contributed by atoms with E-state index in [2.05, 4.69) is 37.3 Å². The molecule has 0 saturated carbocycles. The lowest BCUT2D eigenvalue weighted by atomic mass is 10.0. The molecule has 0 amide bonds. The van der Waals surface area contributed by atoms with Crippen LogP contribution in [0.15, 0.2) is 36.4 Å². The molecule has 0 unspecified atom stereocenters. The van der Waals surface area contributed by atoms with Crippen molar-refractivity contribution in [3.8, 4) is 0 Å². The van der Waals surface area contributed by atoms with E-state index in [9.17, 15) is 0 Å². The lowest BCUT2D eigenvalue weighted by Gasteiger charge is -2.05. The Hall–Kier alpha value is -1.50. The zero-order chi connectivity index (χ0) is 13.5. The first-order chi connectivity index (χ1) is 9.29. The van der Waals surface area contributed by atoms with Crippen LogP contribution in [0.4, 0.5) is 5.69 Å². The quantitative estimate of drug-likeness (QED) is 0.525. The Morgan fingerprint density at radius 2 is 1.53 bits per heavy atom. The van der Waals surface area contributed by atoms with Crippen molar-refractivity contribution >= 4 is 16.5 Å². The molecule has 0 radical (unpaired) electrons. The minimum atomic E-state index is 0.851. The molecule has 1 heteroatoms. The number of nitrogens with two attached hydrogens (primary N) is 1. The Kier molecular flexibility index (Phi) is 5.26. The van der Waals surface area contributed by atoms with Gasteiger partial charge in [-0.2, -0.15) is 0 Å². The van der Waals surface area contributed by atoms with Crippen LogP contribution >= 0.6 is 0 Å². The van der Waals surface area contributed by atoms with Crippen molar-refractivity contribution in [2.75, 3.05) is 5.73 Å². The molecular formula is C18H25N. The first kappa shape index (κ1) is 13.9. The van der Waals surface area contributed by atoms with Crippen LogP contribution in [-0.2, 0) is 6.42 Å². The lowest BCUT2D eigenvalue weighted by Crippen LogP contribution is -1.88. The van der Waals surface area contributed by atoms with E-state index in [1.165, 1.54) is 61.3 Å². The molecule has 0 aliphatic heterocycles. The zero-order valence-electron chi connectivity index (χ0n) is 12.0. The maximum Gasteiger partial charge on any atom is 0.0320 e. The minimum Gasteiger partial charge on any atom is -0.399 e. The predicted molar refractivity (Wildman–Crippen MR) is 85.4 cm³/mol. The van der Waals surface area contributed by atoms with Crippen molar-refractivity contribution in [1.29, 1.82) is 0 Å². The van der Waals surface area contributed by atoms with Gasteiger partial charge in [-0.05, 0) is 41.3 Å². The summed E-state index contributed by atoms with van der Waals surface area (Å²) in [5.41, 5.74) is 8.13. The van der Waals surface area contributed by atoms with Crippen molar-refractivity contribution in [1.82, 2.24) is 0 Å². The fraction of sp³-hybridized carbons (Fsp3) is 0.444. The number of benzene rings is 2. The van der Waals surface area contributed by atoms with E-state index in [0.717, 1.165) is 5.69 Å². The molecule has 2 N–H and O–H groups in total. The summed E-state index contributed by atoms with van der Waals surface area (Å²) in [5.74, 6) is 0. The van der Waals surface area contributed by atoms with Gasteiger partial charge < -0.3 is 5.73 Å². The maximum absolute atomic E-state index is 5.84. The van der Waals surface area contributed by atoms with E-state index in [1.54, 1.807) is 0 Å². The highest BCUT2D eigenvalue weighted by molar-refractivity contribution is 5.85. The Morgan fingerprint density at radius 3 is 2.37 bits per heavy atom. The predicted octanol–water partition coefficient (Wildman–Crippen LogP) is 5.33. The van der Waals surface area contributed by atoms with E-state index in [0.29, 0.717) is 0 Å². The fourth-order valence-corrected chi connectivity index (χ4v) is 2.58. The highest BCUT2D eigenvalue weighted by atomic mass is 14.5. The molecule has 0 aliphatic carbocycles. The normalized spacial score (nSPS) is 11.0. The van der Waals surface area contributed by atoms with Gasteiger partial charge in [0.2, 0.25) is 0 Å². The van der Waals surface area contributed by atoms with Crippen molar-refractivity contribution in [2.24, 2.45) is 0 Å². The van der Waals surface area contributed by atoms with Crippen LogP contribution < -0.4 is 5.73 Å². The molecule has 19 heavy (non-hydrogen) atoms. The first-order valence-corrected chi connectivity index (χ1v) is 7.58. The number of hydrogen-bond donors (Lipinski definition) is 1. The van der Waals surface area contributed by atoms with Gasteiger partial charge >= 0.3 is 0 Å². The number of anilines is 1. The number of unbranched alkanes of at least 4 members (excludes halogenated alkanes) is 5.